The number of aryl methyl sites for hydroxylation is 2. The van der Waals surface area contributed by atoms with Gasteiger partial charge in [0.05, 0.1) is 12.7 Å². The number of nitrogens with one attached hydrogen (secondary N) is 1. The number of aromatic nitrogens is 4. The highest BCUT2D eigenvalue weighted by molar-refractivity contribution is 5.92. The van der Waals surface area contributed by atoms with Gasteiger partial charge in [-0.15, -0.1) is 5.10 Å². The second-order valence-electron chi connectivity index (χ2n) is 6.58. The molecule has 6 nitrogen and oxygen atoms in total. The third kappa shape index (κ3) is 4.53. The first kappa shape index (κ1) is 17.8. The van der Waals surface area contributed by atoms with Gasteiger partial charge in [-0.25, -0.2) is 4.68 Å². The topological polar surface area (TPSA) is 72.7 Å². The summed E-state index contributed by atoms with van der Waals surface area (Å²) in [6.45, 7) is 6.57. The normalized spacial score (nSPS) is 12.0. The highest BCUT2D eigenvalue weighted by Gasteiger charge is 2.15. The van der Waals surface area contributed by atoms with Crippen molar-refractivity contribution in [3.05, 3.63) is 76.9 Å². The molecule has 0 aliphatic heterocycles. The predicted octanol–water partition coefficient (Wildman–Crippen LogP) is 2.70. The Labute approximate surface area is 153 Å². The van der Waals surface area contributed by atoms with Gasteiger partial charge in [-0.2, -0.15) is 0 Å². The summed E-state index contributed by atoms with van der Waals surface area (Å²) in [5.41, 5.74) is 4.60. The molecular formula is C20H23N5O. The SMILES string of the molecule is Cc1cccc(CC(C)NC(=O)c2cn(Cc3ccccc3C)nn2)n1. The van der Waals surface area contributed by atoms with Gasteiger partial charge in [0, 0.05) is 23.9 Å². The van der Waals surface area contributed by atoms with E-state index in [0.717, 1.165) is 17.0 Å². The number of hydrogen-bond acceptors (Lipinski definition) is 4. The quantitative estimate of drug-likeness (QED) is 0.743. The first-order chi connectivity index (χ1) is 12.5. The van der Waals surface area contributed by atoms with Gasteiger partial charge >= 0.3 is 0 Å². The molecular weight excluding hydrogens is 326 g/mol. The second-order valence-corrected chi connectivity index (χ2v) is 6.58. The third-order valence-electron chi connectivity index (χ3n) is 4.20. The van der Waals surface area contributed by atoms with E-state index in [2.05, 4.69) is 33.6 Å². The Kier molecular flexibility index (Phi) is 5.41. The molecule has 0 aliphatic carbocycles. The Hall–Kier alpha value is -3.02. The molecule has 0 radical (unpaired) electrons. The van der Waals surface area contributed by atoms with Crippen molar-refractivity contribution in [3.63, 3.8) is 0 Å². The van der Waals surface area contributed by atoms with Crippen molar-refractivity contribution in [2.75, 3.05) is 0 Å². The minimum absolute atomic E-state index is 0.0432. The monoisotopic (exact) mass is 349 g/mol. The van der Waals surface area contributed by atoms with Crippen LogP contribution in [0, 0.1) is 13.8 Å². The summed E-state index contributed by atoms with van der Waals surface area (Å²) in [4.78, 5) is 16.9. The molecule has 0 spiro atoms. The van der Waals surface area contributed by atoms with E-state index < -0.39 is 0 Å². The van der Waals surface area contributed by atoms with Gasteiger partial charge in [-0.3, -0.25) is 9.78 Å². The molecule has 0 aliphatic rings. The van der Waals surface area contributed by atoms with Crippen LogP contribution in [0.1, 0.15) is 39.9 Å². The van der Waals surface area contributed by atoms with Crippen LogP contribution in [-0.2, 0) is 13.0 Å². The van der Waals surface area contributed by atoms with Crippen molar-refractivity contribution in [2.24, 2.45) is 0 Å². The zero-order chi connectivity index (χ0) is 18.5. The smallest absolute Gasteiger partial charge is 0.273 e. The number of amides is 1. The Morgan fingerprint density at radius 1 is 1.15 bits per heavy atom. The summed E-state index contributed by atoms with van der Waals surface area (Å²) in [6, 6.07) is 14.0. The summed E-state index contributed by atoms with van der Waals surface area (Å²) >= 11 is 0. The van der Waals surface area contributed by atoms with Crippen molar-refractivity contribution in [1.82, 2.24) is 25.3 Å². The number of rotatable bonds is 6. The highest BCUT2D eigenvalue weighted by Crippen LogP contribution is 2.09. The average molecular weight is 349 g/mol. The summed E-state index contributed by atoms with van der Waals surface area (Å²) in [5.74, 6) is -0.221. The minimum atomic E-state index is -0.221. The lowest BCUT2D eigenvalue weighted by Gasteiger charge is -2.12. The molecule has 0 fully saturated rings. The number of pyridine rings is 1. The van der Waals surface area contributed by atoms with Crippen LogP contribution in [0.5, 0.6) is 0 Å². The fraction of sp³-hybridized carbons (Fsp3) is 0.300. The molecule has 0 saturated heterocycles. The lowest BCUT2D eigenvalue weighted by Crippen LogP contribution is -2.34. The van der Waals surface area contributed by atoms with Gasteiger partial charge in [0.15, 0.2) is 5.69 Å². The van der Waals surface area contributed by atoms with E-state index in [1.54, 1.807) is 10.9 Å². The molecule has 0 saturated carbocycles. The fourth-order valence-electron chi connectivity index (χ4n) is 2.82. The Balaban J connectivity index is 1.60. The Bertz CT molecular complexity index is 902. The molecule has 26 heavy (non-hydrogen) atoms. The number of benzene rings is 1. The van der Waals surface area contributed by atoms with E-state index in [1.165, 1.54) is 5.56 Å². The van der Waals surface area contributed by atoms with E-state index >= 15 is 0 Å². The molecule has 1 unspecified atom stereocenters. The molecule has 1 atom stereocenters. The highest BCUT2D eigenvalue weighted by atomic mass is 16.2. The Morgan fingerprint density at radius 3 is 2.73 bits per heavy atom. The van der Waals surface area contributed by atoms with Crippen molar-refractivity contribution >= 4 is 5.91 Å². The van der Waals surface area contributed by atoms with Crippen molar-refractivity contribution in [3.8, 4) is 0 Å². The summed E-state index contributed by atoms with van der Waals surface area (Å²) < 4.78 is 1.68. The van der Waals surface area contributed by atoms with E-state index in [-0.39, 0.29) is 11.9 Å². The van der Waals surface area contributed by atoms with Crippen LogP contribution in [0.25, 0.3) is 0 Å². The number of carbonyl (C=O) groups excluding carboxylic acids is 1. The number of hydrogen-bond donors (Lipinski definition) is 1. The summed E-state index contributed by atoms with van der Waals surface area (Å²) in [6.07, 6.45) is 2.35. The molecule has 1 N–H and O–H groups in total. The lowest BCUT2D eigenvalue weighted by atomic mass is 10.1. The molecule has 134 valence electrons. The van der Waals surface area contributed by atoms with Gasteiger partial charge < -0.3 is 5.32 Å². The fourth-order valence-corrected chi connectivity index (χ4v) is 2.82. The van der Waals surface area contributed by atoms with Crippen molar-refractivity contribution < 1.29 is 4.79 Å². The van der Waals surface area contributed by atoms with Crippen LogP contribution >= 0.6 is 0 Å². The molecule has 2 heterocycles. The molecule has 3 aromatic rings. The third-order valence-corrected chi connectivity index (χ3v) is 4.20. The van der Waals surface area contributed by atoms with Crippen LogP contribution in [-0.4, -0.2) is 31.9 Å². The van der Waals surface area contributed by atoms with Crippen molar-refractivity contribution in [2.45, 2.75) is 39.8 Å². The Morgan fingerprint density at radius 2 is 1.96 bits per heavy atom. The summed E-state index contributed by atoms with van der Waals surface area (Å²) in [5, 5.41) is 11.0. The van der Waals surface area contributed by atoms with Crippen LogP contribution < -0.4 is 5.32 Å². The lowest BCUT2D eigenvalue weighted by molar-refractivity contribution is 0.0935. The maximum absolute atomic E-state index is 12.4. The van der Waals surface area contributed by atoms with E-state index in [9.17, 15) is 4.79 Å². The molecule has 6 heteroatoms. The first-order valence-corrected chi connectivity index (χ1v) is 8.69. The zero-order valence-electron chi connectivity index (χ0n) is 15.3. The van der Waals surface area contributed by atoms with E-state index in [4.69, 9.17) is 0 Å². The largest absolute Gasteiger partial charge is 0.348 e. The maximum atomic E-state index is 12.4. The number of carbonyl (C=O) groups is 1. The first-order valence-electron chi connectivity index (χ1n) is 8.69. The molecule has 0 bridgehead atoms. The van der Waals surface area contributed by atoms with Gasteiger partial charge in [0.1, 0.15) is 0 Å². The van der Waals surface area contributed by atoms with Gasteiger partial charge in [0.25, 0.3) is 5.91 Å². The van der Waals surface area contributed by atoms with Crippen LogP contribution in [0.2, 0.25) is 0 Å². The number of nitrogens with zero attached hydrogens (tertiary/aromatic N) is 4. The molecule has 1 amide bonds. The standard InChI is InChI=1S/C20H23N5O/c1-14-7-4-5-9-17(14)12-25-13-19(23-24-25)20(26)22-16(3)11-18-10-6-8-15(2)21-18/h4-10,13,16H,11-12H2,1-3H3,(H,22,26). The van der Waals surface area contributed by atoms with Gasteiger partial charge in [-0.1, -0.05) is 35.5 Å². The predicted molar refractivity (Wildman–Crippen MR) is 99.9 cm³/mol. The van der Waals surface area contributed by atoms with Gasteiger partial charge in [-0.05, 0) is 44.0 Å². The molecule has 3 rings (SSSR count). The second kappa shape index (κ2) is 7.91. The van der Waals surface area contributed by atoms with E-state index in [0.29, 0.717) is 18.7 Å². The molecule has 2 aromatic heterocycles. The van der Waals surface area contributed by atoms with Crippen molar-refractivity contribution in [1.29, 1.82) is 0 Å². The zero-order valence-corrected chi connectivity index (χ0v) is 15.3. The minimum Gasteiger partial charge on any atom is -0.348 e. The van der Waals surface area contributed by atoms with Crippen LogP contribution in [0.15, 0.2) is 48.7 Å². The average Bonchev–Trinajstić information content (AvgIpc) is 3.05. The van der Waals surface area contributed by atoms with Crippen LogP contribution in [0.4, 0.5) is 0 Å². The van der Waals surface area contributed by atoms with E-state index in [1.807, 2.05) is 50.2 Å². The summed E-state index contributed by atoms with van der Waals surface area (Å²) in [7, 11) is 0. The van der Waals surface area contributed by atoms with Gasteiger partial charge in [0.2, 0.25) is 0 Å². The van der Waals surface area contributed by atoms with Crippen LogP contribution in [0.3, 0.4) is 0 Å². The maximum Gasteiger partial charge on any atom is 0.273 e. The molecule has 1 aromatic carbocycles.